The summed E-state index contributed by atoms with van der Waals surface area (Å²) in [6, 6.07) is 9.96. The lowest BCUT2D eigenvalue weighted by Crippen LogP contribution is -2.38. The lowest BCUT2D eigenvalue weighted by molar-refractivity contribution is 0.504. The van der Waals surface area contributed by atoms with Gasteiger partial charge in [0.25, 0.3) is 0 Å². The minimum absolute atomic E-state index is 0.565. The highest BCUT2D eigenvalue weighted by Crippen LogP contribution is 2.00. The van der Waals surface area contributed by atoms with Gasteiger partial charge in [-0.2, -0.15) is 5.10 Å². The monoisotopic (exact) mass is 273 g/mol. The molecule has 0 atom stereocenters. The van der Waals surface area contributed by atoms with E-state index in [0.29, 0.717) is 18.2 Å². The van der Waals surface area contributed by atoms with Crippen LogP contribution < -0.4 is 5.43 Å². The lowest BCUT2D eigenvalue weighted by atomic mass is 10.1. The minimum Gasteiger partial charge on any atom is -0.340 e. The molecule has 0 spiro atoms. The van der Waals surface area contributed by atoms with E-state index in [0.717, 1.165) is 11.3 Å². The van der Waals surface area contributed by atoms with Crippen molar-refractivity contribution in [1.82, 2.24) is 10.3 Å². The number of benzene rings is 1. The zero-order valence-corrected chi connectivity index (χ0v) is 12.0. The molecule has 0 unspecified atom stereocenters. The van der Waals surface area contributed by atoms with Crippen molar-refractivity contribution in [3.63, 3.8) is 0 Å². The van der Waals surface area contributed by atoms with Gasteiger partial charge in [-0.15, -0.1) is 13.2 Å². The molecule has 3 nitrogen and oxygen atoms in total. The van der Waals surface area contributed by atoms with E-state index >= 15 is 0 Å². The Morgan fingerprint density at radius 2 is 1.84 bits per heavy atom. The number of nitrogens with one attached hydrogen (secondary N) is 1. The molecule has 0 saturated carbocycles. The molecule has 0 radical (unpaired) electrons. The molecule has 0 fully saturated rings. The van der Waals surface area contributed by atoms with Crippen LogP contribution in [0.5, 0.6) is 0 Å². The number of rotatable bonds is 6. The van der Waals surface area contributed by atoms with Gasteiger partial charge in [-0.25, -0.2) is 0 Å². The zero-order chi connectivity index (χ0) is 14.1. The number of hydrogen-bond donors (Lipinski definition) is 1. The molecule has 4 heteroatoms. The van der Waals surface area contributed by atoms with Crippen LogP contribution in [0.2, 0.25) is 0 Å². The van der Waals surface area contributed by atoms with Crippen LogP contribution in [0.4, 0.5) is 0 Å². The van der Waals surface area contributed by atoms with Crippen LogP contribution in [0.1, 0.15) is 12.5 Å². The van der Waals surface area contributed by atoms with E-state index in [4.69, 9.17) is 12.2 Å². The summed E-state index contributed by atoms with van der Waals surface area (Å²) in [5.74, 6) is 0. The van der Waals surface area contributed by atoms with Gasteiger partial charge in [0.05, 0.1) is 5.71 Å². The second-order valence-electron chi connectivity index (χ2n) is 3.96. The molecule has 0 saturated heterocycles. The van der Waals surface area contributed by atoms with E-state index < -0.39 is 0 Å². The average molecular weight is 273 g/mol. The summed E-state index contributed by atoms with van der Waals surface area (Å²) in [6.07, 6.45) is 3.59. The molecule has 0 aliphatic rings. The SMILES string of the molecule is C=CCN(CC=C)C(=S)N/N=C(/C)c1ccccc1. The molecule has 1 rings (SSSR count). The molecule has 1 aromatic rings. The largest absolute Gasteiger partial charge is 0.340 e. The van der Waals surface area contributed by atoms with Crippen LogP contribution >= 0.6 is 12.2 Å². The summed E-state index contributed by atoms with van der Waals surface area (Å²) >= 11 is 5.29. The molecule has 0 aliphatic heterocycles. The van der Waals surface area contributed by atoms with Gasteiger partial charge in [0, 0.05) is 13.1 Å². The van der Waals surface area contributed by atoms with Crippen molar-refractivity contribution in [3.05, 3.63) is 61.2 Å². The summed E-state index contributed by atoms with van der Waals surface area (Å²) in [5.41, 5.74) is 4.86. The van der Waals surface area contributed by atoms with E-state index in [1.165, 1.54) is 0 Å². The Bertz CT molecular complexity index is 456. The van der Waals surface area contributed by atoms with E-state index in [1.54, 1.807) is 12.2 Å². The van der Waals surface area contributed by atoms with Crippen molar-refractivity contribution in [2.75, 3.05) is 13.1 Å². The Balaban J connectivity index is 2.65. The first-order valence-corrected chi connectivity index (χ1v) is 6.46. The zero-order valence-electron chi connectivity index (χ0n) is 11.2. The van der Waals surface area contributed by atoms with E-state index in [9.17, 15) is 0 Å². The van der Waals surface area contributed by atoms with Crippen LogP contribution in [0.15, 0.2) is 60.7 Å². The first-order chi connectivity index (χ1) is 9.19. The molecule has 1 N–H and O–H groups in total. The van der Waals surface area contributed by atoms with Crippen molar-refractivity contribution in [1.29, 1.82) is 0 Å². The second kappa shape index (κ2) is 8.21. The summed E-state index contributed by atoms with van der Waals surface area (Å²) in [4.78, 5) is 1.93. The molecule has 0 aromatic heterocycles. The van der Waals surface area contributed by atoms with Crippen LogP contribution in [-0.2, 0) is 0 Å². The van der Waals surface area contributed by atoms with Gasteiger partial charge in [0.15, 0.2) is 5.11 Å². The molecule has 0 heterocycles. The Morgan fingerprint density at radius 1 is 1.26 bits per heavy atom. The van der Waals surface area contributed by atoms with Crippen LogP contribution in [0.3, 0.4) is 0 Å². The number of hydrazone groups is 1. The van der Waals surface area contributed by atoms with E-state index in [1.807, 2.05) is 42.2 Å². The number of nitrogens with zero attached hydrogens (tertiary/aromatic N) is 2. The summed E-state index contributed by atoms with van der Waals surface area (Å²) in [7, 11) is 0. The first kappa shape index (κ1) is 15.1. The predicted octanol–water partition coefficient (Wildman–Crippen LogP) is 2.96. The number of hydrogen-bond acceptors (Lipinski definition) is 2. The summed E-state index contributed by atoms with van der Waals surface area (Å²) < 4.78 is 0. The highest BCUT2D eigenvalue weighted by molar-refractivity contribution is 7.80. The molecule has 100 valence electrons. The molecule has 0 aliphatic carbocycles. The average Bonchev–Trinajstić information content (AvgIpc) is 2.45. The van der Waals surface area contributed by atoms with Gasteiger partial charge in [-0.1, -0.05) is 42.5 Å². The van der Waals surface area contributed by atoms with Crippen LogP contribution in [0, 0.1) is 0 Å². The Labute approximate surface area is 120 Å². The first-order valence-electron chi connectivity index (χ1n) is 6.05. The maximum Gasteiger partial charge on any atom is 0.190 e. The third-order valence-electron chi connectivity index (χ3n) is 2.50. The fraction of sp³-hybridized carbons (Fsp3) is 0.200. The fourth-order valence-corrected chi connectivity index (χ4v) is 1.69. The van der Waals surface area contributed by atoms with E-state index in [2.05, 4.69) is 23.7 Å². The molecule has 1 aromatic carbocycles. The van der Waals surface area contributed by atoms with Crippen molar-refractivity contribution >= 4 is 23.0 Å². The van der Waals surface area contributed by atoms with Crippen LogP contribution in [-0.4, -0.2) is 28.8 Å². The lowest BCUT2D eigenvalue weighted by Gasteiger charge is -2.21. The highest BCUT2D eigenvalue weighted by Gasteiger charge is 2.05. The Hall–Kier alpha value is -1.94. The smallest absolute Gasteiger partial charge is 0.190 e. The van der Waals surface area contributed by atoms with Crippen molar-refractivity contribution in [3.8, 4) is 0 Å². The Morgan fingerprint density at radius 3 is 2.37 bits per heavy atom. The third kappa shape index (κ3) is 5.06. The maximum absolute atomic E-state index is 5.29. The van der Waals surface area contributed by atoms with Gasteiger partial charge >= 0.3 is 0 Å². The third-order valence-corrected chi connectivity index (χ3v) is 2.85. The topological polar surface area (TPSA) is 27.6 Å². The quantitative estimate of drug-likeness (QED) is 0.374. The molecule has 0 amide bonds. The van der Waals surface area contributed by atoms with Crippen molar-refractivity contribution in [2.45, 2.75) is 6.92 Å². The van der Waals surface area contributed by atoms with E-state index in [-0.39, 0.29) is 0 Å². The highest BCUT2D eigenvalue weighted by atomic mass is 32.1. The van der Waals surface area contributed by atoms with Gasteiger partial charge in [0.2, 0.25) is 0 Å². The van der Waals surface area contributed by atoms with Crippen LogP contribution in [0.25, 0.3) is 0 Å². The minimum atomic E-state index is 0.565. The second-order valence-corrected chi connectivity index (χ2v) is 4.35. The van der Waals surface area contributed by atoms with Crippen molar-refractivity contribution in [2.24, 2.45) is 5.10 Å². The summed E-state index contributed by atoms with van der Waals surface area (Å²) in [6.45, 7) is 10.7. The fourth-order valence-electron chi connectivity index (χ4n) is 1.50. The van der Waals surface area contributed by atoms with Gasteiger partial charge < -0.3 is 4.90 Å². The Kier molecular flexibility index (Phi) is 6.53. The van der Waals surface area contributed by atoms with Gasteiger partial charge in [-0.05, 0) is 24.7 Å². The molecule has 19 heavy (non-hydrogen) atoms. The molecular weight excluding hydrogens is 254 g/mol. The predicted molar refractivity (Wildman–Crippen MR) is 86.4 cm³/mol. The van der Waals surface area contributed by atoms with Crippen molar-refractivity contribution < 1.29 is 0 Å². The maximum atomic E-state index is 5.29. The van der Waals surface area contributed by atoms with Gasteiger partial charge in [0.1, 0.15) is 0 Å². The normalized spacial score (nSPS) is 10.7. The molecular formula is C15H19N3S. The standard InChI is InChI=1S/C15H19N3S/c1-4-11-18(12-5-2)15(19)17-16-13(3)14-9-7-6-8-10-14/h4-10H,1-2,11-12H2,3H3,(H,17,19)/b16-13-. The summed E-state index contributed by atoms with van der Waals surface area (Å²) in [5, 5.41) is 4.86. The molecule has 0 bridgehead atoms. The van der Waals surface area contributed by atoms with Gasteiger partial charge in [-0.3, -0.25) is 5.43 Å². The number of thiocarbonyl (C=S) groups is 1.